The van der Waals surface area contributed by atoms with Crippen molar-refractivity contribution in [3.05, 3.63) is 28.2 Å². The highest BCUT2D eigenvalue weighted by molar-refractivity contribution is 7.09. The first-order valence-corrected chi connectivity index (χ1v) is 6.18. The van der Waals surface area contributed by atoms with Crippen LogP contribution in [-0.2, 0) is 13.0 Å². The van der Waals surface area contributed by atoms with Crippen molar-refractivity contribution in [2.24, 2.45) is 0 Å². The van der Waals surface area contributed by atoms with Gasteiger partial charge in [-0.15, -0.1) is 11.3 Å². The van der Waals surface area contributed by atoms with Crippen LogP contribution in [0.4, 0.5) is 0 Å². The molecule has 0 amide bonds. The van der Waals surface area contributed by atoms with Gasteiger partial charge in [-0.1, -0.05) is 0 Å². The van der Waals surface area contributed by atoms with Crippen molar-refractivity contribution < 1.29 is 0 Å². The maximum atomic E-state index is 4.39. The minimum Gasteiger partial charge on any atom is -0.310 e. The quantitative estimate of drug-likeness (QED) is 0.743. The third-order valence-corrected chi connectivity index (χ3v) is 3.14. The smallest absolute Gasteiger partial charge is 0.137 e. The zero-order chi connectivity index (χ0) is 11.2. The lowest BCUT2D eigenvalue weighted by atomic mass is 10.3. The van der Waals surface area contributed by atoms with E-state index < -0.39 is 0 Å². The minimum atomic E-state index is 0.856. The van der Waals surface area contributed by atoms with Crippen LogP contribution in [0.5, 0.6) is 0 Å². The minimum absolute atomic E-state index is 0.856. The first-order valence-electron chi connectivity index (χ1n) is 5.30. The lowest BCUT2D eigenvalue weighted by Gasteiger charge is -2.00. The molecule has 5 nitrogen and oxygen atoms in total. The van der Waals surface area contributed by atoms with Crippen molar-refractivity contribution >= 4 is 11.3 Å². The van der Waals surface area contributed by atoms with Gasteiger partial charge in [0.25, 0.3) is 0 Å². The SMILES string of the molecule is Cc1csc(CNCCCc2ncn[nH]2)n1. The first kappa shape index (κ1) is 11.2. The molecule has 0 bridgehead atoms. The second-order valence-corrected chi connectivity index (χ2v) is 4.54. The highest BCUT2D eigenvalue weighted by Crippen LogP contribution is 2.07. The topological polar surface area (TPSA) is 66.5 Å². The Hall–Kier alpha value is -1.27. The van der Waals surface area contributed by atoms with E-state index in [-0.39, 0.29) is 0 Å². The lowest BCUT2D eigenvalue weighted by Crippen LogP contribution is -2.15. The highest BCUT2D eigenvalue weighted by Gasteiger charge is 1.98. The number of nitrogens with one attached hydrogen (secondary N) is 2. The first-order chi connectivity index (χ1) is 7.84. The number of aromatic nitrogens is 4. The molecular weight excluding hydrogens is 222 g/mol. The number of aromatic amines is 1. The molecule has 0 unspecified atom stereocenters. The molecule has 0 aliphatic carbocycles. The zero-order valence-corrected chi connectivity index (χ0v) is 10.0. The summed E-state index contributed by atoms with van der Waals surface area (Å²) in [6.07, 6.45) is 3.53. The largest absolute Gasteiger partial charge is 0.310 e. The summed E-state index contributed by atoms with van der Waals surface area (Å²) in [7, 11) is 0. The van der Waals surface area contributed by atoms with E-state index >= 15 is 0 Å². The van der Waals surface area contributed by atoms with Crippen molar-refractivity contribution in [1.82, 2.24) is 25.5 Å². The zero-order valence-electron chi connectivity index (χ0n) is 9.23. The Labute approximate surface area is 98.3 Å². The number of thiazole rings is 1. The van der Waals surface area contributed by atoms with E-state index in [9.17, 15) is 0 Å². The molecule has 0 radical (unpaired) electrons. The Kier molecular flexibility index (Phi) is 4.01. The molecule has 0 saturated heterocycles. The van der Waals surface area contributed by atoms with Crippen molar-refractivity contribution in [3.63, 3.8) is 0 Å². The van der Waals surface area contributed by atoms with E-state index in [0.29, 0.717) is 0 Å². The molecule has 0 atom stereocenters. The van der Waals surface area contributed by atoms with E-state index in [1.165, 1.54) is 0 Å². The summed E-state index contributed by atoms with van der Waals surface area (Å²) in [4.78, 5) is 8.46. The summed E-state index contributed by atoms with van der Waals surface area (Å²) in [6, 6.07) is 0. The van der Waals surface area contributed by atoms with Gasteiger partial charge in [-0.2, -0.15) is 5.10 Å². The van der Waals surface area contributed by atoms with E-state index in [4.69, 9.17) is 0 Å². The van der Waals surface area contributed by atoms with Crippen molar-refractivity contribution in [2.45, 2.75) is 26.3 Å². The van der Waals surface area contributed by atoms with Crippen molar-refractivity contribution in [1.29, 1.82) is 0 Å². The predicted molar refractivity (Wildman–Crippen MR) is 63.3 cm³/mol. The van der Waals surface area contributed by atoms with Crippen LogP contribution in [0.1, 0.15) is 22.9 Å². The molecule has 86 valence electrons. The Morgan fingerprint density at radius 1 is 1.50 bits per heavy atom. The summed E-state index contributed by atoms with van der Waals surface area (Å²) >= 11 is 1.70. The molecule has 2 heterocycles. The van der Waals surface area contributed by atoms with Crippen molar-refractivity contribution in [2.75, 3.05) is 6.54 Å². The maximum Gasteiger partial charge on any atom is 0.137 e. The molecule has 0 aliphatic rings. The third-order valence-electron chi connectivity index (χ3n) is 2.17. The van der Waals surface area contributed by atoms with E-state index in [1.807, 2.05) is 6.92 Å². The summed E-state index contributed by atoms with van der Waals surface area (Å²) < 4.78 is 0. The predicted octanol–water partition coefficient (Wildman–Crippen LogP) is 1.29. The summed E-state index contributed by atoms with van der Waals surface area (Å²) in [5.74, 6) is 0.951. The Morgan fingerprint density at radius 2 is 2.44 bits per heavy atom. The van der Waals surface area contributed by atoms with Gasteiger partial charge in [-0.05, 0) is 19.9 Å². The number of H-pyrrole nitrogens is 1. The normalized spacial score (nSPS) is 10.8. The summed E-state index contributed by atoms with van der Waals surface area (Å²) in [5, 5.41) is 13.2. The van der Waals surface area contributed by atoms with Gasteiger partial charge in [0, 0.05) is 24.0 Å². The van der Waals surface area contributed by atoms with E-state index in [1.54, 1.807) is 17.7 Å². The molecule has 2 aromatic rings. The van der Waals surface area contributed by atoms with Crippen LogP contribution >= 0.6 is 11.3 Å². The molecule has 0 aromatic carbocycles. The van der Waals surface area contributed by atoms with Gasteiger partial charge in [0.05, 0.1) is 0 Å². The fourth-order valence-corrected chi connectivity index (χ4v) is 2.15. The number of hydrogen-bond donors (Lipinski definition) is 2. The van der Waals surface area contributed by atoms with Gasteiger partial charge in [-0.3, -0.25) is 5.10 Å². The third kappa shape index (κ3) is 3.39. The molecule has 0 aliphatic heterocycles. The average molecular weight is 237 g/mol. The van der Waals surface area contributed by atoms with Gasteiger partial charge >= 0.3 is 0 Å². The number of aryl methyl sites for hydroxylation is 2. The standard InChI is InChI=1S/C10H15N5S/c1-8-6-16-10(14-8)5-11-4-2-3-9-12-7-13-15-9/h6-7,11H,2-5H2,1H3,(H,12,13,15). The second kappa shape index (κ2) is 5.72. The van der Waals surface area contributed by atoms with Crippen LogP contribution in [-0.4, -0.2) is 26.7 Å². The maximum absolute atomic E-state index is 4.39. The summed E-state index contributed by atoms with van der Waals surface area (Å²) in [6.45, 7) is 3.85. The van der Waals surface area contributed by atoms with Gasteiger partial charge in [-0.25, -0.2) is 9.97 Å². The second-order valence-electron chi connectivity index (χ2n) is 3.60. The molecule has 2 aromatic heterocycles. The molecule has 2 rings (SSSR count). The molecule has 0 fully saturated rings. The molecule has 16 heavy (non-hydrogen) atoms. The monoisotopic (exact) mass is 237 g/mol. The Bertz CT molecular complexity index is 409. The number of rotatable bonds is 6. The van der Waals surface area contributed by atoms with E-state index in [2.05, 4.69) is 30.9 Å². The molecule has 0 spiro atoms. The fourth-order valence-electron chi connectivity index (χ4n) is 1.41. The summed E-state index contributed by atoms with van der Waals surface area (Å²) in [5.41, 5.74) is 1.10. The highest BCUT2D eigenvalue weighted by atomic mass is 32.1. The number of hydrogen-bond acceptors (Lipinski definition) is 5. The Morgan fingerprint density at radius 3 is 3.12 bits per heavy atom. The fraction of sp³-hybridized carbons (Fsp3) is 0.500. The van der Waals surface area contributed by atoms with Crippen molar-refractivity contribution in [3.8, 4) is 0 Å². The van der Waals surface area contributed by atoms with Crippen LogP contribution in [0.15, 0.2) is 11.7 Å². The lowest BCUT2D eigenvalue weighted by molar-refractivity contribution is 0.637. The molecule has 6 heteroatoms. The van der Waals surface area contributed by atoms with Gasteiger partial charge in [0.15, 0.2) is 0 Å². The van der Waals surface area contributed by atoms with Gasteiger partial charge in [0.2, 0.25) is 0 Å². The molecule has 2 N–H and O–H groups in total. The van der Waals surface area contributed by atoms with Gasteiger partial charge in [0.1, 0.15) is 17.2 Å². The average Bonchev–Trinajstić information content (AvgIpc) is 2.89. The van der Waals surface area contributed by atoms with Crippen LogP contribution in [0.3, 0.4) is 0 Å². The van der Waals surface area contributed by atoms with Crippen LogP contribution in [0.25, 0.3) is 0 Å². The molecule has 0 saturated carbocycles. The van der Waals surface area contributed by atoms with Crippen LogP contribution in [0.2, 0.25) is 0 Å². The van der Waals surface area contributed by atoms with Crippen LogP contribution in [0, 0.1) is 6.92 Å². The molecular formula is C10H15N5S. The van der Waals surface area contributed by atoms with Crippen LogP contribution < -0.4 is 5.32 Å². The van der Waals surface area contributed by atoms with Gasteiger partial charge < -0.3 is 5.32 Å². The number of nitrogens with zero attached hydrogens (tertiary/aromatic N) is 3. The van der Waals surface area contributed by atoms with E-state index in [0.717, 1.165) is 42.5 Å². The Balaban J connectivity index is 1.59.